The van der Waals surface area contributed by atoms with Crippen molar-refractivity contribution in [3.8, 4) is 50.2 Å². The van der Waals surface area contributed by atoms with E-state index < -0.39 is 5.41 Å². The van der Waals surface area contributed by atoms with Gasteiger partial charge in [0, 0.05) is 44.0 Å². The largest absolute Gasteiger partial charge is 0.455 e. The van der Waals surface area contributed by atoms with Crippen molar-refractivity contribution in [2.24, 2.45) is 0 Å². The Morgan fingerprint density at radius 2 is 0.886 bits per heavy atom. The van der Waals surface area contributed by atoms with Gasteiger partial charge in [-0.1, -0.05) is 206 Å². The number of benzene rings is 11. The van der Waals surface area contributed by atoms with Gasteiger partial charge in [-0.05, 0) is 104 Å². The number of aromatic nitrogens is 1. The topological polar surface area (TPSA) is 21.3 Å². The first kappa shape index (κ1) is 38.9. The number of hydrogen-bond donors (Lipinski definition) is 0. The first-order chi connectivity index (χ1) is 34.7. The minimum Gasteiger partial charge on any atom is -0.455 e. The summed E-state index contributed by atoms with van der Waals surface area (Å²) in [4.78, 5) is 2.44. The lowest BCUT2D eigenvalue weighted by atomic mass is 9.65. The van der Waals surface area contributed by atoms with Crippen LogP contribution in [0.1, 0.15) is 22.3 Å². The van der Waals surface area contributed by atoms with Gasteiger partial charge in [0.15, 0.2) is 0 Å². The Labute approximate surface area is 405 Å². The van der Waals surface area contributed by atoms with Gasteiger partial charge < -0.3 is 13.9 Å². The molecule has 0 N–H and O–H groups in total. The molecule has 1 aliphatic heterocycles. The van der Waals surface area contributed by atoms with Crippen molar-refractivity contribution in [1.82, 2.24) is 4.57 Å². The van der Waals surface area contributed by atoms with E-state index in [1.54, 1.807) is 0 Å². The third-order valence-corrected chi connectivity index (χ3v) is 15.2. The van der Waals surface area contributed by atoms with Gasteiger partial charge in [0.2, 0.25) is 0 Å². The molecule has 0 fully saturated rings. The van der Waals surface area contributed by atoms with Gasteiger partial charge in [-0.3, -0.25) is 0 Å². The number of hydrogen-bond acceptors (Lipinski definition) is 2. The molecule has 2 aromatic heterocycles. The molecule has 1 aliphatic carbocycles. The van der Waals surface area contributed by atoms with Crippen LogP contribution in [-0.2, 0) is 5.41 Å². The molecule has 0 bridgehead atoms. The van der Waals surface area contributed by atoms with Crippen LogP contribution in [0.4, 0.5) is 17.1 Å². The molecule has 0 unspecified atom stereocenters. The normalized spacial score (nSPS) is 13.0. The van der Waals surface area contributed by atoms with Crippen molar-refractivity contribution in [3.63, 3.8) is 0 Å². The molecule has 0 amide bonds. The van der Waals surface area contributed by atoms with Crippen molar-refractivity contribution in [2.45, 2.75) is 5.41 Å². The van der Waals surface area contributed by atoms with Crippen LogP contribution in [0.3, 0.4) is 0 Å². The summed E-state index contributed by atoms with van der Waals surface area (Å²) in [6.45, 7) is 0. The molecule has 1 spiro atoms. The summed E-state index contributed by atoms with van der Waals surface area (Å²) >= 11 is 0. The fourth-order valence-electron chi connectivity index (χ4n) is 12.3. The Morgan fingerprint density at radius 1 is 0.343 bits per heavy atom. The average Bonchev–Trinajstić information content (AvgIpc) is 4.08. The first-order valence-corrected chi connectivity index (χ1v) is 24.2. The van der Waals surface area contributed by atoms with Gasteiger partial charge in [-0.2, -0.15) is 0 Å². The standard InChI is InChI=1S/C67H42N2O/c1-2-16-43(17-3-1)44-32-34-45(35-33-44)49-18-6-11-29-61(49)68(47-38-36-46(37-39-47)50-22-14-24-55-53-21-7-13-31-64(53)70-66(50)55)48-40-41-62-56(42-48)54-23-15-28-60-65(54)69(62)63-30-12-10-27-59(63)67(60)57-25-8-4-19-51(57)52-20-5-9-26-58(52)67/h1-42H. The van der Waals surface area contributed by atoms with Gasteiger partial charge in [-0.25, -0.2) is 0 Å². The van der Waals surface area contributed by atoms with E-state index >= 15 is 0 Å². The Morgan fingerprint density at radius 3 is 1.69 bits per heavy atom. The average molecular weight is 891 g/mol. The third-order valence-electron chi connectivity index (χ3n) is 15.2. The van der Waals surface area contributed by atoms with E-state index in [1.165, 1.54) is 72.0 Å². The molecular weight excluding hydrogens is 849 g/mol. The van der Waals surface area contributed by atoms with E-state index in [0.717, 1.165) is 61.3 Å². The van der Waals surface area contributed by atoms with E-state index in [-0.39, 0.29) is 0 Å². The highest BCUT2D eigenvalue weighted by Gasteiger charge is 2.50. The van der Waals surface area contributed by atoms with Crippen molar-refractivity contribution in [2.75, 3.05) is 4.90 Å². The zero-order valence-corrected chi connectivity index (χ0v) is 38.1. The number of rotatable bonds is 6. The van der Waals surface area contributed by atoms with Crippen molar-refractivity contribution >= 4 is 60.8 Å². The number of para-hydroxylation sites is 5. The van der Waals surface area contributed by atoms with E-state index in [9.17, 15) is 0 Å². The van der Waals surface area contributed by atoms with E-state index in [4.69, 9.17) is 4.42 Å². The number of fused-ring (bicyclic) bond motifs is 15. The van der Waals surface area contributed by atoms with Crippen LogP contribution in [-0.4, -0.2) is 4.57 Å². The van der Waals surface area contributed by atoms with Crippen molar-refractivity contribution < 1.29 is 4.42 Å². The molecule has 70 heavy (non-hydrogen) atoms. The summed E-state index contributed by atoms with van der Waals surface area (Å²) < 4.78 is 9.07. The van der Waals surface area contributed by atoms with Crippen LogP contribution in [0.5, 0.6) is 0 Å². The predicted molar refractivity (Wildman–Crippen MR) is 290 cm³/mol. The molecule has 326 valence electrons. The summed E-state index contributed by atoms with van der Waals surface area (Å²) in [7, 11) is 0. The highest BCUT2D eigenvalue weighted by Crippen LogP contribution is 2.61. The lowest BCUT2D eigenvalue weighted by Crippen LogP contribution is -2.33. The molecule has 0 saturated heterocycles. The van der Waals surface area contributed by atoms with Gasteiger partial charge in [0.1, 0.15) is 11.2 Å². The zero-order valence-electron chi connectivity index (χ0n) is 38.1. The minimum absolute atomic E-state index is 0.466. The second-order valence-electron chi connectivity index (χ2n) is 18.7. The summed E-state index contributed by atoms with van der Waals surface area (Å²) in [5.41, 5.74) is 23.0. The minimum atomic E-state index is -0.466. The second-order valence-corrected chi connectivity index (χ2v) is 18.7. The van der Waals surface area contributed by atoms with Crippen molar-refractivity contribution in [3.05, 3.63) is 277 Å². The summed E-state index contributed by atoms with van der Waals surface area (Å²) in [5, 5.41) is 4.71. The summed E-state index contributed by atoms with van der Waals surface area (Å²) in [6.07, 6.45) is 0. The van der Waals surface area contributed by atoms with Gasteiger partial charge in [0.05, 0.1) is 27.8 Å². The number of anilines is 3. The van der Waals surface area contributed by atoms with E-state index in [2.05, 4.69) is 258 Å². The SMILES string of the molecule is c1ccc(-c2ccc(-c3ccccc3N(c3ccc(-c4cccc5c4oc4ccccc45)cc3)c3ccc4c(c3)c3cccc5c3n4-c3ccccc3C53c4ccccc4-c4ccccc43)cc2)cc1. The van der Waals surface area contributed by atoms with Crippen LogP contribution in [0.15, 0.2) is 259 Å². The summed E-state index contributed by atoms with van der Waals surface area (Å²) in [6, 6.07) is 93.5. The molecule has 15 rings (SSSR count). The Kier molecular flexibility index (Phi) is 8.28. The highest BCUT2D eigenvalue weighted by atomic mass is 16.3. The van der Waals surface area contributed by atoms with Crippen LogP contribution < -0.4 is 4.90 Å². The van der Waals surface area contributed by atoms with Crippen LogP contribution in [0.2, 0.25) is 0 Å². The molecule has 3 heterocycles. The molecular formula is C67H42N2O. The number of furan rings is 1. The quantitative estimate of drug-likeness (QED) is 0.166. The van der Waals surface area contributed by atoms with Gasteiger partial charge >= 0.3 is 0 Å². The van der Waals surface area contributed by atoms with Crippen LogP contribution in [0.25, 0.3) is 93.9 Å². The lowest BCUT2D eigenvalue weighted by Gasteiger charge is -2.39. The first-order valence-electron chi connectivity index (χ1n) is 24.2. The molecule has 0 atom stereocenters. The second kappa shape index (κ2) is 14.9. The molecule has 3 heteroatoms. The Hall–Kier alpha value is -9.18. The van der Waals surface area contributed by atoms with Crippen LogP contribution >= 0.6 is 0 Å². The number of nitrogens with zero attached hydrogens (tertiary/aromatic N) is 2. The third kappa shape index (κ3) is 5.40. The maximum Gasteiger partial charge on any atom is 0.143 e. The maximum absolute atomic E-state index is 6.53. The van der Waals surface area contributed by atoms with Crippen LogP contribution in [0, 0.1) is 0 Å². The molecule has 3 nitrogen and oxygen atoms in total. The zero-order chi connectivity index (χ0) is 45.9. The van der Waals surface area contributed by atoms with E-state index in [1.807, 2.05) is 6.07 Å². The molecule has 13 aromatic rings. The van der Waals surface area contributed by atoms with E-state index in [0.29, 0.717) is 0 Å². The molecule has 11 aromatic carbocycles. The lowest BCUT2D eigenvalue weighted by molar-refractivity contribution is 0.670. The van der Waals surface area contributed by atoms with Gasteiger partial charge in [0.25, 0.3) is 0 Å². The predicted octanol–water partition coefficient (Wildman–Crippen LogP) is 17.8. The fourth-order valence-corrected chi connectivity index (χ4v) is 12.3. The van der Waals surface area contributed by atoms with Crippen molar-refractivity contribution in [1.29, 1.82) is 0 Å². The Bertz CT molecular complexity index is 4190. The molecule has 0 radical (unpaired) electrons. The fraction of sp³-hybridized carbons (Fsp3) is 0.0149. The Balaban J connectivity index is 0.945. The molecule has 0 saturated carbocycles. The smallest absolute Gasteiger partial charge is 0.143 e. The monoisotopic (exact) mass is 890 g/mol. The van der Waals surface area contributed by atoms with Gasteiger partial charge in [-0.15, -0.1) is 0 Å². The maximum atomic E-state index is 6.53. The highest BCUT2D eigenvalue weighted by molar-refractivity contribution is 6.14. The molecule has 2 aliphatic rings. The summed E-state index contributed by atoms with van der Waals surface area (Å²) in [5.74, 6) is 0.